The Bertz CT molecular complexity index is 321. The minimum atomic E-state index is 0.122. The number of nitrogens with one attached hydrogen (secondary N) is 1. The Kier molecular flexibility index (Phi) is 4.09. The minimum absolute atomic E-state index is 0.122. The lowest BCUT2D eigenvalue weighted by Gasteiger charge is -2.16. The lowest BCUT2D eigenvalue weighted by molar-refractivity contribution is -0.118. The van der Waals surface area contributed by atoms with Crippen LogP contribution in [0.25, 0.3) is 0 Å². The fraction of sp³-hybridized carbons (Fsp3) is 0.455. The third-order valence-corrected chi connectivity index (χ3v) is 2.23. The minimum Gasteiger partial charge on any atom is -0.373 e. The largest absolute Gasteiger partial charge is 0.373 e. The summed E-state index contributed by atoms with van der Waals surface area (Å²) < 4.78 is 0. The molecule has 1 aromatic rings. The topological polar surface area (TPSA) is 45.2 Å². The van der Waals surface area contributed by atoms with Gasteiger partial charge in [0.25, 0.3) is 0 Å². The second-order valence-electron chi connectivity index (χ2n) is 3.35. The molecule has 0 fully saturated rings. The fourth-order valence-corrected chi connectivity index (χ4v) is 1.26. The van der Waals surface area contributed by atoms with E-state index in [0.29, 0.717) is 6.42 Å². The molecule has 0 spiro atoms. The van der Waals surface area contributed by atoms with Crippen LogP contribution in [0.2, 0.25) is 0 Å². The summed E-state index contributed by atoms with van der Waals surface area (Å²) in [6.45, 7) is 1.99. The Hall–Kier alpha value is -1.58. The number of carbonyl (C=O) groups excluding carboxylic acids is 1. The van der Waals surface area contributed by atoms with Gasteiger partial charge >= 0.3 is 0 Å². The molecule has 1 heterocycles. The first kappa shape index (κ1) is 11.5. The van der Waals surface area contributed by atoms with Crippen LogP contribution < -0.4 is 10.2 Å². The summed E-state index contributed by atoms with van der Waals surface area (Å²) in [7, 11) is 3.59. The van der Waals surface area contributed by atoms with Crippen molar-refractivity contribution in [3.05, 3.63) is 18.3 Å². The molecule has 1 amide bonds. The summed E-state index contributed by atoms with van der Waals surface area (Å²) in [6.07, 6.45) is 3.13. The molecule has 4 nitrogen and oxygen atoms in total. The van der Waals surface area contributed by atoms with Crippen LogP contribution in [0.4, 0.5) is 11.5 Å². The highest BCUT2D eigenvalue weighted by molar-refractivity contribution is 5.92. The van der Waals surface area contributed by atoms with Gasteiger partial charge in [-0.2, -0.15) is 0 Å². The summed E-state index contributed by atoms with van der Waals surface area (Å²) >= 11 is 0. The van der Waals surface area contributed by atoms with Crippen molar-refractivity contribution in [2.75, 3.05) is 24.3 Å². The van der Waals surface area contributed by atoms with Crippen LogP contribution in [0.1, 0.15) is 19.8 Å². The summed E-state index contributed by atoms with van der Waals surface area (Å²) in [6, 6.07) is 3.73. The first-order valence-corrected chi connectivity index (χ1v) is 5.09. The van der Waals surface area contributed by atoms with Crippen molar-refractivity contribution in [2.45, 2.75) is 19.8 Å². The number of rotatable bonds is 4. The lowest BCUT2D eigenvalue weighted by atomic mass is 10.3. The van der Waals surface area contributed by atoms with Crippen LogP contribution >= 0.6 is 0 Å². The van der Waals surface area contributed by atoms with Gasteiger partial charge in [-0.3, -0.25) is 4.79 Å². The number of nitrogens with zero attached hydrogens (tertiary/aromatic N) is 2. The SMILES string of the molecule is CCCC(=O)N(C)c1ccc(NC)nc1. The highest BCUT2D eigenvalue weighted by atomic mass is 16.2. The lowest BCUT2D eigenvalue weighted by Crippen LogP contribution is -2.25. The van der Waals surface area contributed by atoms with Crippen molar-refractivity contribution in [3.8, 4) is 0 Å². The van der Waals surface area contributed by atoms with Gasteiger partial charge in [0.05, 0.1) is 11.9 Å². The zero-order chi connectivity index (χ0) is 11.3. The number of amides is 1. The maximum Gasteiger partial charge on any atom is 0.226 e. The standard InChI is InChI=1S/C11H17N3O/c1-4-5-11(15)14(3)9-6-7-10(12-2)13-8-9/h6-8H,4-5H2,1-3H3,(H,12,13). The Morgan fingerprint density at radius 1 is 1.53 bits per heavy atom. The Morgan fingerprint density at radius 2 is 2.27 bits per heavy atom. The second kappa shape index (κ2) is 5.34. The summed E-state index contributed by atoms with van der Waals surface area (Å²) in [5.41, 5.74) is 0.826. The number of hydrogen-bond acceptors (Lipinski definition) is 3. The van der Waals surface area contributed by atoms with Crippen LogP contribution in [0.5, 0.6) is 0 Å². The molecule has 1 rings (SSSR count). The molecule has 15 heavy (non-hydrogen) atoms. The molecule has 0 atom stereocenters. The molecule has 0 aliphatic carbocycles. The monoisotopic (exact) mass is 207 g/mol. The fourth-order valence-electron chi connectivity index (χ4n) is 1.26. The van der Waals surface area contributed by atoms with Crippen LogP contribution in [0.3, 0.4) is 0 Å². The molecule has 0 radical (unpaired) electrons. The summed E-state index contributed by atoms with van der Waals surface area (Å²) in [4.78, 5) is 17.4. The van der Waals surface area contributed by atoms with Gasteiger partial charge in [0.15, 0.2) is 0 Å². The molecule has 0 unspecified atom stereocenters. The van der Waals surface area contributed by atoms with Crippen LogP contribution in [-0.4, -0.2) is 25.0 Å². The highest BCUT2D eigenvalue weighted by Crippen LogP contribution is 2.14. The Balaban J connectivity index is 2.73. The van der Waals surface area contributed by atoms with E-state index in [9.17, 15) is 4.79 Å². The Labute approximate surface area is 90.3 Å². The van der Waals surface area contributed by atoms with E-state index >= 15 is 0 Å². The van der Waals surface area contributed by atoms with Crippen LogP contribution in [0, 0.1) is 0 Å². The third kappa shape index (κ3) is 2.94. The molecule has 0 aliphatic heterocycles. The maximum absolute atomic E-state index is 11.6. The average Bonchev–Trinajstić information content (AvgIpc) is 2.28. The normalized spacial score (nSPS) is 9.80. The molecule has 82 valence electrons. The van der Waals surface area contributed by atoms with E-state index in [1.54, 1.807) is 18.1 Å². The Morgan fingerprint density at radius 3 is 2.73 bits per heavy atom. The van der Waals surface area contributed by atoms with Gasteiger partial charge in [0, 0.05) is 20.5 Å². The van der Waals surface area contributed by atoms with Crippen LogP contribution in [0.15, 0.2) is 18.3 Å². The van der Waals surface area contributed by atoms with E-state index in [1.165, 1.54) is 0 Å². The van der Waals surface area contributed by atoms with Crippen molar-refractivity contribution >= 4 is 17.4 Å². The number of pyridine rings is 1. The molecule has 1 N–H and O–H groups in total. The second-order valence-corrected chi connectivity index (χ2v) is 3.35. The number of anilines is 2. The third-order valence-electron chi connectivity index (χ3n) is 2.23. The molecule has 0 aliphatic rings. The highest BCUT2D eigenvalue weighted by Gasteiger charge is 2.09. The van der Waals surface area contributed by atoms with Crippen molar-refractivity contribution in [2.24, 2.45) is 0 Å². The van der Waals surface area contributed by atoms with E-state index in [1.807, 2.05) is 26.1 Å². The molecule has 0 saturated carbocycles. The van der Waals surface area contributed by atoms with Gasteiger partial charge in [-0.15, -0.1) is 0 Å². The van der Waals surface area contributed by atoms with Crippen LogP contribution in [-0.2, 0) is 4.79 Å². The molecule has 0 aromatic carbocycles. The number of hydrogen-bond donors (Lipinski definition) is 1. The molecule has 0 bridgehead atoms. The molecule has 4 heteroatoms. The van der Waals surface area contributed by atoms with Gasteiger partial charge < -0.3 is 10.2 Å². The van der Waals surface area contributed by atoms with Gasteiger partial charge in [-0.05, 0) is 18.6 Å². The van der Waals surface area contributed by atoms with Gasteiger partial charge in [0.1, 0.15) is 5.82 Å². The average molecular weight is 207 g/mol. The zero-order valence-corrected chi connectivity index (χ0v) is 9.45. The molecular formula is C11H17N3O. The van der Waals surface area contributed by atoms with E-state index in [0.717, 1.165) is 17.9 Å². The molecular weight excluding hydrogens is 190 g/mol. The predicted octanol–water partition coefficient (Wildman–Crippen LogP) is 1.89. The van der Waals surface area contributed by atoms with Gasteiger partial charge in [-0.1, -0.05) is 6.92 Å². The zero-order valence-electron chi connectivity index (χ0n) is 9.45. The van der Waals surface area contributed by atoms with E-state index in [2.05, 4.69) is 10.3 Å². The van der Waals surface area contributed by atoms with E-state index in [4.69, 9.17) is 0 Å². The quantitative estimate of drug-likeness (QED) is 0.820. The van der Waals surface area contributed by atoms with Crippen molar-refractivity contribution in [1.29, 1.82) is 0 Å². The van der Waals surface area contributed by atoms with Gasteiger partial charge in [-0.25, -0.2) is 4.98 Å². The first-order valence-electron chi connectivity index (χ1n) is 5.09. The smallest absolute Gasteiger partial charge is 0.226 e. The van der Waals surface area contributed by atoms with Crippen molar-refractivity contribution < 1.29 is 4.79 Å². The van der Waals surface area contributed by atoms with Gasteiger partial charge in [0.2, 0.25) is 5.91 Å². The van der Waals surface area contributed by atoms with Crippen molar-refractivity contribution in [1.82, 2.24) is 4.98 Å². The first-order chi connectivity index (χ1) is 7.19. The van der Waals surface area contributed by atoms with E-state index in [-0.39, 0.29) is 5.91 Å². The predicted molar refractivity (Wildman–Crippen MR) is 62.1 cm³/mol. The molecule has 0 saturated heterocycles. The van der Waals surface area contributed by atoms with Crippen molar-refractivity contribution in [3.63, 3.8) is 0 Å². The number of aromatic nitrogens is 1. The maximum atomic E-state index is 11.6. The molecule has 1 aromatic heterocycles. The summed E-state index contributed by atoms with van der Waals surface area (Å²) in [5, 5.41) is 2.93. The van der Waals surface area contributed by atoms with E-state index < -0.39 is 0 Å². The number of carbonyl (C=O) groups is 1. The summed E-state index contributed by atoms with van der Waals surface area (Å²) in [5.74, 6) is 0.923.